The zero-order valence-corrected chi connectivity index (χ0v) is 9.96. The number of aromatic nitrogens is 3. The van der Waals surface area contributed by atoms with E-state index < -0.39 is 0 Å². The van der Waals surface area contributed by atoms with E-state index in [0.29, 0.717) is 10.8 Å². The van der Waals surface area contributed by atoms with Gasteiger partial charge in [-0.3, -0.25) is 0 Å². The van der Waals surface area contributed by atoms with Crippen LogP contribution in [0.3, 0.4) is 0 Å². The van der Waals surface area contributed by atoms with E-state index in [-0.39, 0.29) is 16.6 Å². The van der Waals surface area contributed by atoms with E-state index >= 15 is 0 Å². The first-order valence-corrected chi connectivity index (χ1v) is 5.27. The fourth-order valence-electron chi connectivity index (χ4n) is 0.991. The van der Waals surface area contributed by atoms with Crippen LogP contribution < -0.4 is 4.74 Å². The van der Waals surface area contributed by atoms with Gasteiger partial charge >= 0.3 is 6.01 Å². The van der Waals surface area contributed by atoms with Gasteiger partial charge < -0.3 is 4.74 Å². The molecule has 0 fully saturated rings. The monoisotopic (exact) mass is 275 g/mol. The van der Waals surface area contributed by atoms with Crippen molar-refractivity contribution in [3.8, 4) is 11.8 Å². The standard InChI is InChI=1S/C9H4Cl3N3O/c10-5-2-1-3-6(4-5)16-9-14-7(11)13-8(12)15-9/h1-4H. The van der Waals surface area contributed by atoms with E-state index in [0.717, 1.165) is 0 Å². The molecule has 16 heavy (non-hydrogen) atoms. The summed E-state index contributed by atoms with van der Waals surface area (Å²) in [5, 5.41) is 0.484. The van der Waals surface area contributed by atoms with Gasteiger partial charge in [-0.25, -0.2) is 0 Å². The molecule has 0 saturated heterocycles. The summed E-state index contributed by atoms with van der Waals surface area (Å²) in [5.41, 5.74) is 0. The molecule has 0 atom stereocenters. The van der Waals surface area contributed by atoms with E-state index in [1.54, 1.807) is 24.3 Å². The summed E-state index contributed by atoms with van der Waals surface area (Å²) < 4.78 is 5.31. The Balaban J connectivity index is 2.27. The van der Waals surface area contributed by atoms with Crippen LogP contribution in [0.2, 0.25) is 15.6 Å². The Bertz CT molecular complexity index is 501. The number of ether oxygens (including phenoxy) is 1. The minimum Gasteiger partial charge on any atom is -0.424 e. The van der Waals surface area contributed by atoms with Crippen LogP contribution in [0.5, 0.6) is 11.8 Å². The zero-order chi connectivity index (χ0) is 11.5. The highest BCUT2D eigenvalue weighted by Gasteiger charge is 2.05. The van der Waals surface area contributed by atoms with Crippen molar-refractivity contribution in [2.45, 2.75) is 0 Å². The van der Waals surface area contributed by atoms with Gasteiger partial charge in [0.2, 0.25) is 10.6 Å². The first-order chi connectivity index (χ1) is 7.63. The average molecular weight is 277 g/mol. The van der Waals surface area contributed by atoms with Crippen LogP contribution in [0, 0.1) is 0 Å². The van der Waals surface area contributed by atoms with Gasteiger partial charge in [-0.1, -0.05) is 17.7 Å². The topological polar surface area (TPSA) is 47.9 Å². The van der Waals surface area contributed by atoms with Gasteiger partial charge in [-0.2, -0.15) is 15.0 Å². The molecule has 2 aromatic rings. The molecule has 7 heteroatoms. The summed E-state index contributed by atoms with van der Waals surface area (Å²) in [6, 6.07) is 6.81. The largest absolute Gasteiger partial charge is 0.424 e. The molecule has 0 aliphatic carbocycles. The lowest BCUT2D eigenvalue weighted by atomic mass is 10.3. The predicted octanol–water partition coefficient (Wildman–Crippen LogP) is 3.62. The molecule has 0 amide bonds. The molecule has 1 heterocycles. The van der Waals surface area contributed by atoms with Gasteiger partial charge in [0.25, 0.3) is 0 Å². The molecule has 0 radical (unpaired) electrons. The second kappa shape index (κ2) is 4.82. The molecular weight excluding hydrogens is 272 g/mol. The number of halogens is 3. The molecule has 0 saturated carbocycles. The molecule has 0 unspecified atom stereocenters. The van der Waals surface area contributed by atoms with Crippen molar-refractivity contribution >= 4 is 34.8 Å². The molecule has 2 rings (SSSR count). The van der Waals surface area contributed by atoms with Crippen LogP contribution in [0.1, 0.15) is 0 Å². The van der Waals surface area contributed by atoms with Gasteiger partial charge in [0.05, 0.1) is 0 Å². The lowest BCUT2D eigenvalue weighted by Gasteiger charge is -2.03. The van der Waals surface area contributed by atoms with Crippen LogP contribution in [0.25, 0.3) is 0 Å². The lowest BCUT2D eigenvalue weighted by Crippen LogP contribution is -1.94. The minimum absolute atomic E-state index is 0.0206. The second-order valence-electron chi connectivity index (χ2n) is 2.72. The molecule has 0 N–H and O–H groups in total. The third kappa shape index (κ3) is 2.95. The number of benzene rings is 1. The molecule has 1 aromatic carbocycles. The molecule has 82 valence electrons. The summed E-state index contributed by atoms with van der Waals surface area (Å²) in [6.45, 7) is 0. The van der Waals surface area contributed by atoms with Crippen molar-refractivity contribution in [3.05, 3.63) is 39.9 Å². The van der Waals surface area contributed by atoms with Gasteiger partial charge in [0.15, 0.2) is 0 Å². The van der Waals surface area contributed by atoms with Crippen molar-refractivity contribution in [3.63, 3.8) is 0 Å². The Labute approximate surface area is 106 Å². The molecule has 4 nitrogen and oxygen atoms in total. The SMILES string of the molecule is Clc1cccc(Oc2nc(Cl)nc(Cl)n2)c1. The number of hydrogen-bond donors (Lipinski definition) is 0. The normalized spacial score (nSPS) is 10.2. The zero-order valence-electron chi connectivity index (χ0n) is 7.69. The molecule has 0 spiro atoms. The van der Waals surface area contributed by atoms with Gasteiger partial charge in [-0.15, -0.1) is 0 Å². The maximum absolute atomic E-state index is 5.79. The van der Waals surface area contributed by atoms with Crippen molar-refractivity contribution in [1.82, 2.24) is 15.0 Å². The number of rotatable bonds is 2. The summed E-state index contributed by atoms with van der Waals surface area (Å²) in [7, 11) is 0. The highest BCUT2D eigenvalue weighted by atomic mass is 35.5. The van der Waals surface area contributed by atoms with E-state index in [1.165, 1.54) is 0 Å². The Hall–Kier alpha value is -1.10. The van der Waals surface area contributed by atoms with E-state index in [4.69, 9.17) is 39.5 Å². The maximum Gasteiger partial charge on any atom is 0.327 e. The Morgan fingerprint density at radius 2 is 1.62 bits per heavy atom. The lowest BCUT2D eigenvalue weighted by molar-refractivity contribution is 0.439. The predicted molar refractivity (Wildman–Crippen MR) is 61.4 cm³/mol. The molecule has 0 aliphatic heterocycles. The van der Waals surface area contributed by atoms with Crippen LogP contribution >= 0.6 is 34.8 Å². The quantitative estimate of drug-likeness (QED) is 0.840. The summed E-state index contributed by atoms with van der Waals surface area (Å²) in [5.74, 6) is 0.492. The molecular formula is C9H4Cl3N3O. The van der Waals surface area contributed by atoms with Crippen molar-refractivity contribution < 1.29 is 4.74 Å². The van der Waals surface area contributed by atoms with Crippen LogP contribution in [-0.2, 0) is 0 Å². The average Bonchev–Trinajstić information content (AvgIpc) is 2.15. The smallest absolute Gasteiger partial charge is 0.327 e. The van der Waals surface area contributed by atoms with Gasteiger partial charge in [0.1, 0.15) is 5.75 Å². The molecule has 1 aromatic heterocycles. The van der Waals surface area contributed by atoms with Crippen LogP contribution in [0.15, 0.2) is 24.3 Å². The van der Waals surface area contributed by atoms with Crippen molar-refractivity contribution in [2.24, 2.45) is 0 Å². The first kappa shape index (κ1) is 11.4. The Morgan fingerprint density at radius 1 is 0.938 bits per heavy atom. The van der Waals surface area contributed by atoms with Crippen LogP contribution in [-0.4, -0.2) is 15.0 Å². The third-order valence-corrected chi connectivity index (χ3v) is 2.14. The highest BCUT2D eigenvalue weighted by molar-refractivity contribution is 6.31. The van der Waals surface area contributed by atoms with E-state index in [9.17, 15) is 0 Å². The van der Waals surface area contributed by atoms with Crippen molar-refractivity contribution in [2.75, 3.05) is 0 Å². The van der Waals surface area contributed by atoms with Crippen LogP contribution in [0.4, 0.5) is 0 Å². The molecule has 0 bridgehead atoms. The first-order valence-electron chi connectivity index (χ1n) is 4.14. The van der Waals surface area contributed by atoms with E-state index in [2.05, 4.69) is 15.0 Å². The summed E-state index contributed by atoms with van der Waals surface area (Å²) in [6.07, 6.45) is 0. The number of hydrogen-bond acceptors (Lipinski definition) is 4. The fraction of sp³-hybridized carbons (Fsp3) is 0. The Kier molecular flexibility index (Phi) is 3.43. The van der Waals surface area contributed by atoms with E-state index in [1.807, 2.05) is 0 Å². The molecule has 0 aliphatic rings. The summed E-state index contributed by atoms with van der Waals surface area (Å²) >= 11 is 17.0. The van der Waals surface area contributed by atoms with Gasteiger partial charge in [0, 0.05) is 5.02 Å². The third-order valence-electron chi connectivity index (χ3n) is 1.57. The highest BCUT2D eigenvalue weighted by Crippen LogP contribution is 2.22. The second-order valence-corrected chi connectivity index (χ2v) is 3.83. The minimum atomic E-state index is -0.0305. The fourth-order valence-corrected chi connectivity index (χ4v) is 1.52. The summed E-state index contributed by atoms with van der Waals surface area (Å²) in [4.78, 5) is 11.1. The van der Waals surface area contributed by atoms with Crippen molar-refractivity contribution in [1.29, 1.82) is 0 Å². The Morgan fingerprint density at radius 3 is 2.25 bits per heavy atom. The maximum atomic E-state index is 5.79. The number of nitrogens with zero attached hydrogens (tertiary/aromatic N) is 3. The van der Waals surface area contributed by atoms with Gasteiger partial charge in [-0.05, 0) is 41.4 Å².